The summed E-state index contributed by atoms with van der Waals surface area (Å²) >= 11 is 0. The number of nitrogens with two attached hydrogens (primary N) is 1. The van der Waals surface area contributed by atoms with Gasteiger partial charge in [0.15, 0.2) is 0 Å². The number of nitrogens with one attached hydrogen (secondary N) is 1. The third-order valence-electron chi connectivity index (χ3n) is 1.11. The normalized spacial score (nSPS) is 8.73. The van der Waals surface area contributed by atoms with Crippen molar-refractivity contribution < 1.29 is 9.53 Å². The Labute approximate surface area is 66.4 Å². The Kier molecular flexibility index (Phi) is 6.17. The molecule has 2 amide bonds. The number of primary amides is 1. The first-order valence-corrected chi connectivity index (χ1v) is 3.53. The fourth-order valence-electron chi connectivity index (χ4n) is 0.605. The fourth-order valence-corrected chi connectivity index (χ4v) is 0.605. The van der Waals surface area contributed by atoms with E-state index in [1.807, 2.05) is 0 Å². The lowest BCUT2D eigenvalue weighted by Crippen LogP contribution is -2.30. The highest BCUT2D eigenvalue weighted by molar-refractivity contribution is 5.71. The van der Waals surface area contributed by atoms with Gasteiger partial charge in [-0.15, -0.1) is 0 Å². The summed E-state index contributed by atoms with van der Waals surface area (Å²) in [6.45, 7) is 4.64. The molecule has 0 atom stereocenters. The van der Waals surface area contributed by atoms with Crippen LogP contribution in [0.2, 0.25) is 0 Å². The third kappa shape index (κ3) is 8.81. The highest BCUT2D eigenvalue weighted by atomic mass is 16.5. The molecule has 64 valence electrons. The average molecular weight is 158 g/mol. The maximum atomic E-state index is 10.2. The van der Waals surface area contributed by atoms with Crippen LogP contribution in [0.3, 0.4) is 0 Å². The van der Waals surface area contributed by atoms with Gasteiger partial charge in [-0.05, 0) is 12.8 Å². The number of amides is 2. The Morgan fingerprint density at radius 2 is 2.36 bits per heavy atom. The summed E-state index contributed by atoms with van der Waals surface area (Å²) < 4.78 is 4.86. The van der Waals surface area contributed by atoms with Gasteiger partial charge in [-0.3, -0.25) is 0 Å². The number of unbranched alkanes of at least 4 members (excludes halogenated alkanes) is 1. The molecule has 0 radical (unpaired) electrons. The fraction of sp³-hybridized carbons (Fsp3) is 0.571. The van der Waals surface area contributed by atoms with Crippen molar-refractivity contribution in [1.29, 1.82) is 0 Å². The quantitative estimate of drug-likeness (QED) is 0.439. The van der Waals surface area contributed by atoms with Gasteiger partial charge in [0.2, 0.25) is 0 Å². The summed E-state index contributed by atoms with van der Waals surface area (Å²) in [4.78, 5) is 10.2. The monoisotopic (exact) mass is 158 g/mol. The van der Waals surface area contributed by atoms with Crippen LogP contribution < -0.4 is 11.1 Å². The molecular weight excluding hydrogens is 144 g/mol. The van der Waals surface area contributed by atoms with E-state index in [1.165, 1.54) is 6.26 Å². The Morgan fingerprint density at radius 3 is 2.91 bits per heavy atom. The van der Waals surface area contributed by atoms with Gasteiger partial charge in [-0.1, -0.05) is 6.58 Å². The van der Waals surface area contributed by atoms with E-state index < -0.39 is 6.03 Å². The second-order valence-electron chi connectivity index (χ2n) is 2.04. The smallest absolute Gasteiger partial charge is 0.312 e. The Bertz CT molecular complexity index is 126. The predicted octanol–water partition coefficient (Wildman–Crippen LogP) is 0.595. The van der Waals surface area contributed by atoms with Crippen LogP contribution >= 0.6 is 0 Å². The van der Waals surface area contributed by atoms with Crippen molar-refractivity contribution >= 4 is 6.03 Å². The molecular formula is C7H14N2O2. The first-order chi connectivity index (χ1) is 5.27. The lowest BCUT2D eigenvalue weighted by atomic mass is 10.3. The standard InChI is InChI=1S/C7H14N2O2/c1-2-11-6-4-3-5-9-7(8)10/h2H,1,3-6H2,(H3,8,9,10). The van der Waals surface area contributed by atoms with Gasteiger partial charge < -0.3 is 15.8 Å². The van der Waals surface area contributed by atoms with E-state index >= 15 is 0 Å². The lowest BCUT2D eigenvalue weighted by Gasteiger charge is -2.01. The average Bonchev–Trinajstić information content (AvgIpc) is 1.96. The minimum Gasteiger partial charge on any atom is -0.502 e. The summed E-state index contributed by atoms with van der Waals surface area (Å²) in [7, 11) is 0. The maximum Gasteiger partial charge on any atom is 0.312 e. The van der Waals surface area contributed by atoms with E-state index in [9.17, 15) is 4.79 Å². The summed E-state index contributed by atoms with van der Waals surface area (Å²) in [5, 5.41) is 2.48. The van der Waals surface area contributed by atoms with Gasteiger partial charge in [0.05, 0.1) is 12.9 Å². The second-order valence-corrected chi connectivity index (χ2v) is 2.04. The van der Waals surface area contributed by atoms with Crippen LogP contribution in [0.5, 0.6) is 0 Å². The van der Waals surface area contributed by atoms with Crippen LogP contribution in [0.1, 0.15) is 12.8 Å². The molecule has 0 saturated carbocycles. The van der Waals surface area contributed by atoms with E-state index in [1.54, 1.807) is 0 Å². The summed E-state index contributed by atoms with van der Waals surface area (Å²) in [6, 6.07) is -0.477. The van der Waals surface area contributed by atoms with E-state index in [4.69, 9.17) is 10.5 Å². The first kappa shape index (κ1) is 9.81. The van der Waals surface area contributed by atoms with Gasteiger partial charge in [0, 0.05) is 6.54 Å². The Balaban J connectivity index is 2.90. The summed E-state index contributed by atoms with van der Waals surface area (Å²) in [5.41, 5.74) is 4.84. The van der Waals surface area contributed by atoms with E-state index in [0.29, 0.717) is 13.2 Å². The largest absolute Gasteiger partial charge is 0.502 e. The topological polar surface area (TPSA) is 64.3 Å². The molecule has 0 aliphatic carbocycles. The zero-order chi connectivity index (χ0) is 8.53. The minimum atomic E-state index is -0.477. The van der Waals surface area contributed by atoms with Crippen LogP contribution in [-0.2, 0) is 4.74 Å². The van der Waals surface area contributed by atoms with Crippen molar-refractivity contribution in [3.8, 4) is 0 Å². The molecule has 0 aromatic carbocycles. The number of rotatable bonds is 6. The summed E-state index contributed by atoms with van der Waals surface area (Å²) in [5.74, 6) is 0. The van der Waals surface area contributed by atoms with Gasteiger partial charge in [-0.25, -0.2) is 4.79 Å². The van der Waals surface area contributed by atoms with Crippen LogP contribution in [0.25, 0.3) is 0 Å². The van der Waals surface area contributed by atoms with E-state index in [2.05, 4.69) is 11.9 Å². The van der Waals surface area contributed by atoms with Crippen molar-refractivity contribution in [3.05, 3.63) is 12.8 Å². The molecule has 0 fully saturated rings. The molecule has 0 bridgehead atoms. The van der Waals surface area contributed by atoms with Crippen molar-refractivity contribution in [1.82, 2.24) is 5.32 Å². The maximum absolute atomic E-state index is 10.2. The molecule has 3 N–H and O–H groups in total. The van der Waals surface area contributed by atoms with Crippen molar-refractivity contribution in [2.75, 3.05) is 13.2 Å². The molecule has 0 heterocycles. The number of hydrogen-bond acceptors (Lipinski definition) is 2. The molecule has 11 heavy (non-hydrogen) atoms. The highest BCUT2D eigenvalue weighted by Gasteiger charge is 1.90. The van der Waals surface area contributed by atoms with Crippen LogP contribution in [-0.4, -0.2) is 19.2 Å². The van der Waals surface area contributed by atoms with E-state index in [-0.39, 0.29) is 0 Å². The van der Waals surface area contributed by atoms with Crippen LogP contribution in [0.4, 0.5) is 4.79 Å². The van der Waals surface area contributed by atoms with Gasteiger partial charge in [0.25, 0.3) is 0 Å². The molecule has 0 aromatic rings. The number of carbonyl (C=O) groups excluding carboxylic acids is 1. The SMILES string of the molecule is C=COCCCCNC(N)=O. The second kappa shape index (κ2) is 6.92. The van der Waals surface area contributed by atoms with Gasteiger partial charge >= 0.3 is 6.03 Å². The molecule has 0 spiro atoms. The zero-order valence-electron chi connectivity index (χ0n) is 6.51. The molecule has 0 aliphatic heterocycles. The molecule has 0 aliphatic rings. The number of carbonyl (C=O) groups is 1. The number of hydrogen-bond donors (Lipinski definition) is 2. The predicted molar refractivity (Wildman–Crippen MR) is 43.0 cm³/mol. The molecule has 0 saturated heterocycles. The molecule has 4 heteroatoms. The molecule has 0 aromatic heterocycles. The Morgan fingerprint density at radius 1 is 1.64 bits per heavy atom. The number of ether oxygens (including phenoxy) is 1. The third-order valence-corrected chi connectivity index (χ3v) is 1.11. The Hall–Kier alpha value is -1.19. The minimum absolute atomic E-state index is 0.477. The highest BCUT2D eigenvalue weighted by Crippen LogP contribution is 1.87. The van der Waals surface area contributed by atoms with Crippen molar-refractivity contribution in [3.63, 3.8) is 0 Å². The van der Waals surface area contributed by atoms with E-state index in [0.717, 1.165) is 12.8 Å². The molecule has 0 unspecified atom stereocenters. The summed E-state index contributed by atoms with van der Waals surface area (Å²) in [6.07, 6.45) is 3.17. The van der Waals surface area contributed by atoms with Crippen molar-refractivity contribution in [2.45, 2.75) is 12.8 Å². The first-order valence-electron chi connectivity index (χ1n) is 3.53. The van der Waals surface area contributed by atoms with Gasteiger partial charge in [0.1, 0.15) is 0 Å². The zero-order valence-corrected chi connectivity index (χ0v) is 6.51. The van der Waals surface area contributed by atoms with Crippen molar-refractivity contribution in [2.24, 2.45) is 5.73 Å². The molecule has 0 rings (SSSR count). The molecule has 4 nitrogen and oxygen atoms in total. The number of urea groups is 1. The van der Waals surface area contributed by atoms with Crippen LogP contribution in [0.15, 0.2) is 12.8 Å². The van der Waals surface area contributed by atoms with Crippen LogP contribution in [0, 0.1) is 0 Å². The lowest BCUT2D eigenvalue weighted by molar-refractivity contribution is 0.238. The van der Waals surface area contributed by atoms with Gasteiger partial charge in [-0.2, -0.15) is 0 Å².